The molecule has 0 bridgehead atoms. The zero-order chi connectivity index (χ0) is 18.5. The van der Waals surface area contributed by atoms with Crippen molar-refractivity contribution in [3.8, 4) is 11.3 Å². The number of hydrogen-bond donors (Lipinski definition) is 2. The molecule has 2 aromatic heterocycles. The molecule has 0 saturated carbocycles. The second-order valence-corrected chi connectivity index (χ2v) is 6.45. The third-order valence-electron chi connectivity index (χ3n) is 4.22. The molecule has 0 aliphatic heterocycles. The van der Waals surface area contributed by atoms with Crippen molar-refractivity contribution in [2.24, 2.45) is 5.73 Å². The number of carbonyl (C=O) groups excluding carboxylic acids is 1. The van der Waals surface area contributed by atoms with E-state index in [1.54, 1.807) is 30.6 Å². The number of nitrogens with zero attached hydrogens (tertiary/aromatic N) is 2. The van der Waals surface area contributed by atoms with E-state index in [1.807, 2.05) is 12.1 Å². The van der Waals surface area contributed by atoms with Crippen LogP contribution < -0.4 is 11.1 Å². The molecule has 134 valence electrons. The fraction of sp³-hybridized carbons (Fsp3) is 0.250. The highest BCUT2D eigenvalue weighted by molar-refractivity contribution is 5.93. The average Bonchev–Trinajstić information content (AvgIpc) is 3.17. The summed E-state index contributed by atoms with van der Waals surface area (Å²) in [5, 5.41) is 6.63. The largest absolute Gasteiger partial charge is 0.355 e. The molecule has 26 heavy (non-hydrogen) atoms. The molecule has 0 radical (unpaired) electrons. The van der Waals surface area contributed by atoms with Crippen molar-refractivity contribution in [2.75, 3.05) is 6.54 Å². The highest BCUT2D eigenvalue weighted by Gasteiger charge is 2.15. The van der Waals surface area contributed by atoms with Crippen LogP contribution in [-0.4, -0.2) is 22.6 Å². The third-order valence-corrected chi connectivity index (χ3v) is 4.22. The molecule has 6 heteroatoms. The van der Waals surface area contributed by atoms with Gasteiger partial charge in [0.05, 0.1) is 0 Å². The Balaban J connectivity index is 1.59. The molecule has 1 aromatic carbocycles. The number of aromatic nitrogens is 2. The molecule has 0 saturated heterocycles. The van der Waals surface area contributed by atoms with E-state index in [2.05, 4.69) is 41.4 Å². The Morgan fingerprint density at radius 2 is 1.77 bits per heavy atom. The summed E-state index contributed by atoms with van der Waals surface area (Å²) < 4.78 is 5.23. The lowest BCUT2D eigenvalue weighted by atomic mass is 9.99. The first-order chi connectivity index (χ1) is 12.5. The van der Waals surface area contributed by atoms with Gasteiger partial charge in [0.25, 0.3) is 5.91 Å². The lowest BCUT2D eigenvalue weighted by molar-refractivity contribution is 0.0942. The maximum atomic E-state index is 12.3. The molecule has 0 aliphatic carbocycles. The standard InChI is InChI=1S/C20H22N4O2/c1-13(2)14-3-5-15(6-4-14)17(21)12-23-20(25)18-11-19(26-24-18)16-7-9-22-10-8-16/h3-11,13,17H,12,21H2,1-2H3,(H,23,25). The van der Waals surface area contributed by atoms with Gasteiger partial charge in [0.1, 0.15) is 0 Å². The van der Waals surface area contributed by atoms with Crippen LogP contribution in [0.1, 0.15) is 47.4 Å². The van der Waals surface area contributed by atoms with Gasteiger partial charge in [-0.3, -0.25) is 9.78 Å². The number of benzene rings is 1. The Labute approximate surface area is 152 Å². The molecule has 6 nitrogen and oxygen atoms in total. The molecule has 0 fully saturated rings. The predicted octanol–water partition coefficient (Wildman–Crippen LogP) is 3.29. The van der Waals surface area contributed by atoms with Gasteiger partial charge < -0.3 is 15.6 Å². The van der Waals surface area contributed by atoms with Crippen molar-refractivity contribution in [3.63, 3.8) is 0 Å². The zero-order valence-corrected chi connectivity index (χ0v) is 14.8. The molecule has 0 aliphatic rings. The average molecular weight is 350 g/mol. The van der Waals surface area contributed by atoms with E-state index in [4.69, 9.17) is 10.3 Å². The molecule has 2 heterocycles. The van der Waals surface area contributed by atoms with Crippen LogP contribution in [0.4, 0.5) is 0 Å². The second kappa shape index (κ2) is 7.93. The van der Waals surface area contributed by atoms with Crippen LogP contribution in [-0.2, 0) is 0 Å². The molecular formula is C20H22N4O2. The number of nitrogens with one attached hydrogen (secondary N) is 1. The van der Waals surface area contributed by atoms with Crippen molar-refractivity contribution < 1.29 is 9.32 Å². The lowest BCUT2D eigenvalue weighted by Crippen LogP contribution is -2.32. The summed E-state index contributed by atoms with van der Waals surface area (Å²) in [4.78, 5) is 16.2. The van der Waals surface area contributed by atoms with Gasteiger partial charge in [-0.15, -0.1) is 0 Å². The van der Waals surface area contributed by atoms with Crippen LogP contribution >= 0.6 is 0 Å². The van der Waals surface area contributed by atoms with E-state index in [1.165, 1.54) is 5.56 Å². The summed E-state index contributed by atoms with van der Waals surface area (Å²) in [5.74, 6) is 0.677. The van der Waals surface area contributed by atoms with Gasteiger partial charge in [-0.25, -0.2) is 0 Å². The maximum Gasteiger partial charge on any atom is 0.273 e. The summed E-state index contributed by atoms with van der Waals surface area (Å²) in [6.07, 6.45) is 3.31. The van der Waals surface area contributed by atoms with Crippen LogP contribution in [0.25, 0.3) is 11.3 Å². The summed E-state index contributed by atoms with van der Waals surface area (Å²) >= 11 is 0. The van der Waals surface area contributed by atoms with Crippen LogP contribution in [0.2, 0.25) is 0 Å². The molecule has 3 N–H and O–H groups in total. The molecule has 1 unspecified atom stereocenters. The molecular weight excluding hydrogens is 328 g/mol. The smallest absolute Gasteiger partial charge is 0.273 e. The topological polar surface area (TPSA) is 94.0 Å². The molecule has 1 atom stereocenters. The monoisotopic (exact) mass is 350 g/mol. The van der Waals surface area contributed by atoms with E-state index in [0.717, 1.165) is 11.1 Å². The Morgan fingerprint density at radius 3 is 2.42 bits per heavy atom. The maximum absolute atomic E-state index is 12.3. The van der Waals surface area contributed by atoms with Gasteiger partial charge >= 0.3 is 0 Å². The van der Waals surface area contributed by atoms with Gasteiger partial charge in [-0.1, -0.05) is 43.3 Å². The van der Waals surface area contributed by atoms with Gasteiger partial charge in [-0.05, 0) is 29.2 Å². The van der Waals surface area contributed by atoms with Gasteiger partial charge in [0.2, 0.25) is 0 Å². The fourth-order valence-corrected chi connectivity index (χ4v) is 2.57. The minimum Gasteiger partial charge on any atom is -0.355 e. The summed E-state index contributed by atoms with van der Waals surface area (Å²) in [6.45, 7) is 4.61. The quantitative estimate of drug-likeness (QED) is 0.711. The van der Waals surface area contributed by atoms with Crippen molar-refractivity contribution in [3.05, 3.63) is 71.7 Å². The minimum absolute atomic E-state index is 0.221. The van der Waals surface area contributed by atoms with E-state index < -0.39 is 0 Å². The third kappa shape index (κ3) is 4.15. The second-order valence-electron chi connectivity index (χ2n) is 6.45. The number of pyridine rings is 1. The van der Waals surface area contributed by atoms with Crippen molar-refractivity contribution in [1.29, 1.82) is 0 Å². The van der Waals surface area contributed by atoms with E-state index >= 15 is 0 Å². The van der Waals surface area contributed by atoms with Crippen molar-refractivity contribution >= 4 is 5.91 Å². The molecule has 0 spiro atoms. The molecule has 3 rings (SSSR count). The van der Waals surface area contributed by atoms with Crippen LogP contribution in [0, 0.1) is 0 Å². The van der Waals surface area contributed by atoms with Gasteiger partial charge in [0.15, 0.2) is 11.5 Å². The van der Waals surface area contributed by atoms with E-state index in [9.17, 15) is 4.79 Å². The predicted molar refractivity (Wildman–Crippen MR) is 99.5 cm³/mol. The molecule has 1 amide bonds. The number of rotatable bonds is 6. The summed E-state index contributed by atoms with van der Waals surface area (Å²) in [6, 6.07) is 13.0. The van der Waals surface area contributed by atoms with E-state index in [0.29, 0.717) is 18.2 Å². The van der Waals surface area contributed by atoms with Gasteiger partial charge in [0, 0.05) is 36.6 Å². The Morgan fingerprint density at radius 1 is 1.12 bits per heavy atom. The summed E-state index contributed by atoms with van der Waals surface area (Å²) in [7, 11) is 0. The normalized spacial score (nSPS) is 12.2. The highest BCUT2D eigenvalue weighted by atomic mass is 16.5. The Hall–Kier alpha value is -2.99. The number of hydrogen-bond acceptors (Lipinski definition) is 5. The minimum atomic E-state index is -0.316. The lowest BCUT2D eigenvalue weighted by Gasteiger charge is -2.14. The number of nitrogens with two attached hydrogens (primary N) is 1. The SMILES string of the molecule is CC(C)c1ccc(C(N)CNC(=O)c2cc(-c3ccncc3)on2)cc1. The Bertz CT molecular complexity index is 857. The number of amides is 1. The summed E-state index contributed by atoms with van der Waals surface area (Å²) in [5.41, 5.74) is 9.45. The first-order valence-electron chi connectivity index (χ1n) is 8.55. The fourth-order valence-electron chi connectivity index (χ4n) is 2.57. The molecule has 3 aromatic rings. The van der Waals surface area contributed by atoms with Crippen molar-refractivity contribution in [2.45, 2.75) is 25.8 Å². The first kappa shape index (κ1) is 17.8. The number of carbonyl (C=O) groups is 1. The first-order valence-corrected chi connectivity index (χ1v) is 8.55. The zero-order valence-electron chi connectivity index (χ0n) is 14.8. The van der Waals surface area contributed by atoms with Crippen LogP contribution in [0.3, 0.4) is 0 Å². The Kier molecular flexibility index (Phi) is 5.43. The van der Waals surface area contributed by atoms with E-state index in [-0.39, 0.29) is 17.6 Å². The van der Waals surface area contributed by atoms with Crippen LogP contribution in [0.5, 0.6) is 0 Å². The highest BCUT2D eigenvalue weighted by Crippen LogP contribution is 2.20. The van der Waals surface area contributed by atoms with Gasteiger partial charge in [-0.2, -0.15) is 0 Å². The van der Waals surface area contributed by atoms with Crippen molar-refractivity contribution in [1.82, 2.24) is 15.5 Å². The van der Waals surface area contributed by atoms with Crippen LogP contribution in [0.15, 0.2) is 59.4 Å².